The van der Waals surface area contributed by atoms with Gasteiger partial charge in [0.1, 0.15) is 17.6 Å². The zero-order chi connectivity index (χ0) is 25.4. The van der Waals surface area contributed by atoms with Gasteiger partial charge in [0.25, 0.3) is 5.56 Å². The van der Waals surface area contributed by atoms with Crippen molar-refractivity contribution < 1.29 is 13.9 Å². The number of furan rings is 1. The minimum Gasteiger partial charge on any atom is -0.463 e. The first-order valence-corrected chi connectivity index (χ1v) is 12.6. The smallest absolute Gasteiger partial charge is 0.338 e. The lowest BCUT2D eigenvalue weighted by Crippen LogP contribution is -2.39. The average molecular weight is 540 g/mol. The Labute approximate surface area is 219 Å². The van der Waals surface area contributed by atoms with Crippen LogP contribution in [0.3, 0.4) is 0 Å². The second kappa shape index (κ2) is 9.89. The van der Waals surface area contributed by atoms with Crippen molar-refractivity contribution in [1.82, 2.24) is 9.55 Å². The fourth-order valence-electron chi connectivity index (χ4n) is 3.98. The third-order valence-corrected chi connectivity index (χ3v) is 7.32. The van der Waals surface area contributed by atoms with Crippen LogP contribution in [0.1, 0.15) is 31.2 Å². The minimum absolute atomic E-state index is 0.181. The number of carbonyl (C=O) groups excluding carboxylic acids is 1. The van der Waals surface area contributed by atoms with Crippen molar-refractivity contribution in [3.8, 4) is 11.3 Å². The fourth-order valence-corrected chi connectivity index (χ4v) is 5.32. The summed E-state index contributed by atoms with van der Waals surface area (Å²) in [6.45, 7) is 3.63. The molecule has 0 spiro atoms. The molecular weight excluding hydrogens is 521 g/mol. The van der Waals surface area contributed by atoms with E-state index in [1.807, 2.05) is 6.07 Å². The third-order valence-electron chi connectivity index (χ3n) is 5.60. The van der Waals surface area contributed by atoms with E-state index >= 15 is 0 Å². The van der Waals surface area contributed by atoms with Crippen LogP contribution < -0.4 is 14.9 Å². The van der Waals surface area contributed by atoms with E-state index in [-0.39, 0.29) is 17.7 Å². The van der Waals surface area contributed by atoms with Gasteiger partial charge >= 0.3 is 5.97 Å². The van der Waals surface area contributed by atoms with Gasteiger partial charge < -0.3 is 9.15 Å². The molecule has 7 nitrogen and oxygen atoms in total. The van der Waals surface area contributed by atoms with Crippen LogP contribution in [0.2, 0.25) is 10.0 Å². The Bertz CT molecular complexity index is 1690. The lowest BCUT2D eigenvalue weighted by Gasteiger charge is -2.22. The van der Waals surface area contributed by atoms with Gasteiger partial charge in [-0.15, -0.1) is 0 Å². The molecule has 4 heterocycles. The quantitative estimate of drug-likeness (QED) is 0.341. The molecule has 1 aliphatic heterocycles. The summed E-state index contributed by atoms with van der Waals surface area (Å²) in [7, 11) is 0. The molecule has 0 fully saturated rings. The summed E-state index contributed by atoms with van der Waals surface area (Å²) >= 11 is 13.5. The standard InChI is InChI=1S/C26H19Cl2N3O4S/c1-3-34-25(33)22-14(2)30-26-31(24(32)21(36-26)11-15-5-4-10-29-13-15)23(22)20-9-8-19(35-20)16-6-7-17(27)18(28)12-16/h4-13,23H,3H2,1-2H3/b21-11-/t23-/m0/s1. The maximum absolute atomic E-state index is 13.6. The van der Waals surface area contributed by atoms with Crippen molar-refractivity contribution in [1.29, 1.82) is 0 Å². The number of fused-ring (bicyclic) bond motifs is 1. The molecule has 0 amide bonds. The number of ether oxygens (including phenoxy) is 1. The molecule has 182 valence electrons. The van der Waals surface area contributed by atoms with Crippen LogP contribution in [-0.2, 0) is 9.53 Å². The molecule has 0 saturated carbocycles. The molecule has 3 aromatic heterocycles. The highest BCUT2D eigenvalue weighted by molar-refractivity contribution is 7.07. The van der Waals surface area contributed by atoms with Crippen LogP contribution >= 0.6 is 34.5 Å². The number of carbonyl (C=O) groups is 1. The van der Waals surface area contributed by atoms with Crippen molar-refractivity contribution in [2.75, 3.05) is 6.61 Å². The van der Waals surface area contributed by atoms with Gasteiger partial charge in [0, 0.05) is 18.0 Å². The zero-order valence-electron chi connectivity index (χ0n) is 19.2. The van der Waals surface area contributed by atoms with E-state index < -0.39 is 12.0 Å². The predicted octanol–water partition coefficient (Wildman–Crippen LogP) is 4.76. The highest BCUT2D eigenvalue weighted by Crippen LogP contribution is 2.35. The van der Waals surface area contributed by atoms with E-state index in [2.05, 4.69) is 9.98 Å². The summed E-state index contributed by atoms with van der Waals surface area (Å²) in [6, 6.07) is 11.4. The molecule has 36 heavy (non-hydrogen) atoms. The first-order valence-electron chi connectivity index (χ1n) is 11.0. The fraction of sp³-hybridized carbons (Fsp3) is 0.154. The Hall–Kier alpha value is -3.46. The highest BCUT2D eigenvalue weighted by Gasteiger charge is 2.35. The number of aromatic nitrogens is 2. The molecule has 10 heteroatoms. The number of halogens is 2. The molecule has 1 aliphatic rings. The van der Waals surface area contributed by atoms with Crippen molar-refractivity contribution in [2.24, 2.45) is 4.99 Å². The number of pyridine rings is 1. The van der Waals surface area contributed by atoms with Gasteiger partial charge in [0.05, 0.1) is 32.5 Å². The Morgan fingerprint density at radius 2 is 2.06 bits per heavy atom. The van der Waals surface area contributed by atoms with E-state index in [0.717, 1.165) is 5.56 Å². The molecule has 1 aromatic carbocycles. The van der Waals surface area contributed by atoms with Crippen LogP contribution in [0.15, 0.2) is 80.3 Å². The summed E-state index contributed by atoms with van der Waals surface area (Å²) in [5, 5.41) is 0.814. The van der Waals surface area contributed by atoms with Crippen molar-refractivity contribution in [2.45, 2.75) is 19.9 Å². The summed E-state index contributed by atoms with van der Waals surface area (Å²) < 4.78 is 13.4. The summed E-state index contributed by atoms with van der Waals surface area (Å²) in [5.74, 6) is 0.346. The Morgan fingerprint density at radius 1 is 1.22 bits per heavy atom. The molecular formula is C26H19Cl2N3O4S. The zero-order valence-corrected chi connectivity index (χ0v) is 21.5. The monoisotopic (exact) mass is 539 g/mol. The molecule has 0 aliphatic carbocycles. The Balaban J connectivity index is 1.69. The van der Waals surface area contributed by atoms with E-state index in [4.69, 9.17) is 32.4 Å². The molecule has 0 unspecified atom stereocenters. The predicted molar refractivity (Wildman–Crippen MR) is 139 cm³/mol. The average Bonchev–Trinajstić information content (AvgIpc) is 3.46. The van der Waals surface area contributed by atoms with Crippen molar-refractivity contribution >= 4 is 46.6 Å². The van der Waals surface area contributed by atoms with Gasteiger partial charge in [-0.05, 0) is 61.9 Å². The maximum Gasteiger partial charge on any atom is 0.338 e. The van der Waals surface area contributed by atoms with Gasteiger partial charge in [0.15, 0.2) is 4.80 Å². The van der Waals surface area contributed by atoms with Crippen LogP contribution in [0.4, 0.5) is 0 Å². The highest BCUT2D eigenvalue weighted by atomic mass is 35.5. The number of hydrogen-bond acceptors (Lipinski definition) is 7. The first-order chi connectivity index (χ1) is 17.4. The van der Waals surface area contributed by atoms with Gasteiger partial charge in [0.2, 0.25) is 0 Å². The number of allylic oxidation sites excluding steroid dienone is 1. The molecule has 5 rings (SSSR count). The maximum atomic E-state index is 13.6. The van der Waals surface area contributed by atoms with E-state index in [1.165, 1.54) is 15.9 Å². The van der Waals surface area contributed by atoms with E-state index in [1.54, 1.807) is 68.7 Å². The van der Waals surface area contributed by atoms with E-state index in [0.29, 0.717) is 42.2 Å². The molecule has 1 atom stereocenters. The largest absolute Gasteiger partial charge is 0.463 e. The molecule has 4 aromatic rings. The van der Waals surface area contributed by atoms with Crippen molar-refractivity contribution in [3.05, 3.63) is 107 Å². The molecule has 0 N–H and O–H groups in total. The second-order valence-electron chi connectivity index (χ2n) is 7.92. The lowest BCUT2D eigenvalue weighted by atomic mass is 10.0. The number of hydrogen-bond donors (Lipinski definition) is 0. The van der Waals surface area contributed by atoms with E-state index in [9.17, 15) is 9.59 Å². The van der Waals surface area contributed by atoms with Crippen LogP contribution in [0.5, 0.6) is 0 Å². The lowest BCUT2D eigenvalue weighted by molar-refractivity contribution is -0.139. The number of nitrogens with zero attached hydrogens (tertiary/aromatic N) is 3. The summed E-state index contributed by atoms with van der Waals surface area (Å²) in [6.07, 6.45) is 5.08. The summed E-state index contributed by atoms with van der Waals surface area (Å²) in [4.78, 5) is 35.8. The van der Waals surface area contributed by atoms with Gasteiger partial charge in [-0.2, -0.15) is 0 Å². The molecule has 0 saturated heterocycles. The van der Waals surface area contributed by atoms with Gasteiger partial charge in [-0.1, -0.05) is 40.6 Å². The molecule has 0 radical (unpaired) electrons. The number of rotatable bonds is 5. The normalized spacial score (nSPS) is 15.6. The van der Waals surface area contributed by atoms with Gasteiger partial charge in [-0.3, -0.25) is 14.3 Å². The SMILES string of the molecule is CCOC(=O)C1=C(C)N=c2s/c(=C\c3cccnc3)c(=O)n2[C@H]1c1ccc(-c2ccc(Cl)c(Cl)c2)o1. The minimum atomic E-state index is -0.854. The number of esters is 1. The third kappa shape index (κ3) is 4.43. The first kappa shape index (κ1) is 24.2. The Morgan fingerprint density at radius 3 is 2.78 bits per heavy atom. The number of thiazole rings is 1. The van der Waals surface area contributed by atoms with Gasteiger partial charge in [-0.25, -0.2) is 9.79 Å². The van der Waals surface area contributed by atoms with Crippen LogP contribution in [0, 0.1) is 0 Å². The second-order valence-corrected chi connectivity index (χ2v) is 9.74. The van der Waals surface area contributed by atoms with Crippen LogP contribution in [0.25, 0.3) is 17.4 Å². The summed E-state index contributed by atoms with van der Waals surface area (Å²) in [5.41, 5.74) is 1.89. The van der Waals surface area contributed by atoms with Crippen molar-refractivity contribution in [3.63, 3.8) is 0 Å². The van der Waals surface area contributed by atoms with Crippen LogP contribution in [-0.4, -0.2) is 22.1 Å². The molecule has 0 bridgehead atoms. The number of benzene rings is 1. The Kier molecular flexibility index (Phi) is 6.66. The topological polar surface area (TPSA) is 86.7 Å².